The Kier molecular flexibility index (Phi) is 4.50. The molecule has 0 N–H and O–H groups in total. The van der Waals surface area contributed by atoms with E-state index in [0.717, 1.165) is 35.2 Å². The van der Waals surface area contributed by atoms with Gasteiger partial charge in [-0.25, -0.2) is 18.4 Å². The van der Waals surface area contributed by atoms with Crippen LogP contribution in [0.25, 0.3) is 11.1 Å². The number of carbonyl (C=O) groups excluding carboxylic acids is 1. The number of carbonyl (C=O) groups is 1. The van der Waals surface area contributed by atoms with Gasteiger partial charge in [0.2, 0.25) is 5.91 Å². The van der Waals surface area contributed by atoms with Gasteiger partial charge < -0.3 is 0 Å². The van der Waals surface area contributed by atoms with Crippen molar-refractivity contribution in [1.29, 1.82) is 0 Å². The van der Waals surface area contributed by atoms with Crippen molar-refractivity contribution in [2.45, 2.75) is 49.8 Å². The van der Waals surface area contributed by atoms with E-state index in [1.807, 2.05) is 39.0 Å². The Morgan fingerprint density at radius 3 is 2.31 bits per heavy atom. The molecule has 0 atom stereocenters. The maximum atomic E-state index is 13.5. The van der Waals surface area contributed by atoms with E-state index in [2.05, 4.69) is 15.0 Å². The molecule has 1 aromatic carbocycles. The van der Waals surface area contributed by atoms with E-state index in [1.165, 1.54) is 6.26 Å². The number of hydrogen-bond donors (Lipinski definition) is 0. The van der Waals surface area contributed by atoms with Gasteiger partial charge in [-0.3, -0.25) is 14.7 Å². The predicted octanol–water partition coefficient (Wildman–Crippen LogP) is 4.08. The summed E-state index contributed by atoms with van der Waals surface area (Å²) < 4.78 is 25.0. The number of pyridine rings is 1. The molecule has 164 valence electrons. The number of aromatic nitrogens is 3. The molecule has 1 amide bonds. The number of nitrogens with zero attached hydrogens (tertiary/aromatic N) is 4. The van der Waals surface area contributed by atoms with E-state index in [4.69, 9.17) is 0 Å². The van der Waals surface area contributed by atoms with Crippen LogP contribution in [0.5, 0.6) is 0 Å². The zero-order valence-electron chi connectivity index (χ0n) is 18.5. The van der Waals surface area contributed by atoms with E-state index in [0.29, 0.717) is 17.2 Å². The van der Waals surface area contributed by atoms with Crippen molar-refractivity contribution in [2.75, 3.05) is 11.2 Å². The molecule has 2 aromatic heterocycles. The Hall–Kier alpha value is -3.13. The highest BCUT2D eigenvalue weighted by atomic mass is 32.2. The van der Waals surface area contributed by atoms with Crippen LogP contribution in [-0.4, -0.2) is 35.5 Å². The van der Waals surface area contributed by atoms with Gasteiger partial charge in [-0.05, 0) is 56.9 Å². The smallest absolute Gasteiger partial charge is 0.241 e. The number of hydrogen-bond acceptors (Lipinski definition) is 6. The molecular formula is C24H24N4O3S. The summed E-state index contributed by atoms with van der Waals surface area (Å²) in [6.45, 7) is 5.59. The molecule has 1 fully saturated rings. The first-order valence-corrected chi connectivity index (χ1v) is 12.4. The third-order valence-electron chi connectivity index (χ3n) is 6.25. The van der Waals surface area contributed by atoms with Gasteiger partial charge in [-0.1, -0.05) is 12.1 Å². The van der Waals surface area contributed by atoms with Gasteiger partial charge in [-0.15, -0.1) is 0 Å². The summed E-state index contributed by atoms with van der Waals surface area (Å²) in [5.41, 5.74) is 3.64. The molecule has 0 bridgehead atoms. The third-order valence-corrected chi connectivity index (χ3v) is 7.38. The molecule has 0 saturated heterocycles. The lowest BCUT2D eigenvalue weighted by atomic mass is 9.85. The molecule has 0 unspecified atom stereocenters. The van der Waals surface area contributed by atoms with Gasteiger partial charge in [0.05, 0.1) is 33.6 Å². The molecule has 1 aliphatic heterocycles. The predicted molar refractivity (Wildman–Crippen MR) is 122 cm³/mol. The summed E-state index contributed by atoms with van der Waals surface area (Å²) in [5, 5.41) is 0. The quantitative estimate of drug-likeness (QED) is 0.597. The zero-order chi connectivity index (χ0) is 22.8. The summed E-state index contributed by atoms with van der Waals surface area (Å²) in [6, 6.07) is 7.44. The Labute approximate surface area is 187 Å². The number of aryl methyl sites for hydroxylation is 1. The maximum absolute atomic E-state index is 13.5. The lowest BCUT2D eigenvalue weighted by Gasteiger charge is -2.21. The highest BCUT2D eigenvalue weighted by molar-refractivity contribution is 7.90. The number of benzene rings is 1. The second-order valence-electron chi connectivity index (χ2n) is 9.14. The second-order valence-corrected chi connectivity index (χ2v) is 11.1. The molecule has 7 nitrogen and oxygen atoms in total. The molecule has 1 aliphatic carbocycles. The Morgan fingerprint density at radius 2 is 1.69 bits per heavy atom. The highest BCUT2D eigenvalue weighted by Crippen LogP contribution is 2.48. The Bertz CT molecular complexity index is 1360. The largest absolute Gasteiger partial charge is 0.278 e. The van der Waals surface area contributed by atoms with Crippen LogP contribution < -0.4 is 4.90 Å². The van der Waals surface area contributed by atoms with E-state index < -0.39 is 15.3 Å². The summed E-state index contributed by atoms with van der Waals surface area (Å²) >= 11 is 0. The number of anilines is 2. The van der Waals surface area contributed by atoms with Crippen LogP contribution in [0.2, 0.25) is 0 Å². The fourth-order valence-electron chi connectivity index (χ4n) is 4.25. The van der Waals surface area contributed by atoms with Crippen molar-refractivity contribution in [1.82, 2.24) is 15.0 Å². The van der Waals surface area contributed by atoms with Crippen molar-refractivity contribution >= 4 is 27.1 Å². The minimum Gasteiger partial charge on any atom is -0.278 e. The molecule has 1 saturated carbocycles. The van der Waals surface area contributed by atoms with Crippen LogP contribution in [0.3, 0.4) is 0 Å². The van der Waals surface area contributed by atoms with E-state index in [1.54, 1.807) is 29.6 Å². The van der Waals surface area contributed by atoms with Crippen LogP contribution in [-0.2, 0) is 20.0 Å². The van der Waals surface area contributed by atoms with Gasteiger partial charge in [0.15, 0.2) is 9.84 Å². The van der Waals surface area contributed by atoms with Crippen LogP contribution in [0.15, 0.2) is 47.8 Å². The molecule has 3 aromatic rings. The minimum absolute atomic E-state index is 0.120. The summed E-state index contributed by atoms with van der Waals surface area (Å²) in [5.74, 6) is 0.744. The van der Waals surface area contributed by atoms with Gasteiger partial charge in [-0.2, -0.15) is 0 Å². The van der Waals surface area contributed by atoms with Crippen molar-refractivity contribution in [3.8, 4) is 11.1 Å². The standard InChI is InChI=1S/C24H24N4O3S/c1-14-25-11-17(12-26-14)16-7-8-19-20(9-16)28(23(29)24(19,2)3)18-10-21(32(4,30)31)22(27-13-18)15-5-6-15/h7-13,15H,5-6H2,1-4H3. The summed E-state index contributed by atoms with van der Waals surface area (Å²) in [4.78, 5) is 28.3. The van der Waals surface area contributed by atoms with Gasteiger partial charge in [0.25, 0.3) is 0 Å². The summed E-state index contributed by atoms with van der Waals surface area (Å²) in [7, 11) is -3.49. The molecule has 0 radical (unpaired) electrons. The fraction of sp³-hybridized carbons (Fsp3) is 0.333. The first-order valence-electron chi connectivity index (χ1n) is 10.6. The zero-order valence-corrected chi connectivity index (χ0v) is 19.3. The van der Waals surface area contributed by atoms with Crippen molar-refractivity contribution < 1.29 is 13.2 Å². The summed E-state index contributed by atoms with van der Waals surface area (Å²) in [6.07, 6.45) is 8.20. The van der Waals surface area contributed by atoms with Crippen LogP contribution in [0.1, 0.15) is 49.7 Å². The van der Waals surface area contributed by atoms with Crippen LogP contribution in [0, 0.1) is 6.92 Å². The monoisotopic (exact) mass is 448 g/mol. The average molecular weight is 449 g/mol. The first-order chi connectivity index (χ1) is 15.1. The topological polar surface area (TPSA) is 93.1 Å². The lowest BCUT2D eigenvalue weighted by Crippen LogP contribution is -2.33. The first kappa shape index (κ1) is 20.8. The fourth-order valence-corrected chi connectivity index (χ4v) is 5.19. The Morgan fingerprint density at radius 1 is 1.00 bits per heavy atom. The molecule has 8 heteroatoms. The van der Waals surface area contributed by atoms with Gasteiger partial charge >= 0.3 is 0 Å². The number of sulfone groups is 1. The Balaban J connectivity index is 1.67. The maximum Gasteiger partial charge on any atom is 0.241 e. The van der Waals surface area contributed by atoms with Gasteiger partial charge in [0.1, 0.15) is 5.82 Å². The molecule has 32 heavy (non-hydrogen) atoms. The van der Waals surface area contributed by atoms with Crippen molar-refractivity contribution in [2.24, 2.45) is 0 Å². The molecule has 3 heterocycles. The average Bonchev–Trinajstić information content (AvgIpc) is 3.56. The third kappa shape index (κ3) is 3.30. The minimum atomic E-state index is -3.49. The van der Waals surface area contributed by atoms with E-state index >= 15 is 0 Å². The van der Waals surface area contributed by atoms with E-state index in [9.17, 15) is 13.2 Å². The molecule has 2 aliphatic rings. The molecule has 0 spiro atoms. The SMILES string of the molecule is Cc1ncc(-c2ccc3c(c2)N(c2cnc(C4CC4)c(S(C)(=O)=O)c2)C(=O)C3(C)C)cn1. The van der Waals surface area contributed by atoms with Gasteiger partial charge in [0, 0.05) is 30.1 Å². The van der Waals surface area contributed by atoms with E-state index in [-0.39, 0.29) is 16.7 Å². The number of rotatable bonds is 4. The van der Waals surface area contributed by atoms with Crippen molar-refractivity contribution in [3.05, 3.63) is 59.9 Å². The van der Waals surface area contributed by atoms with Crippen LogP contribution >= 0.6 is 0 Å². The number of amides is 1. The molecular weight excluding hydrogens is 424 g/mol. The second kappa shape index (κ2) is 6.93. The normalized spacial score (nSPS) is 17.5. The highest BCUT2D eigenvalue weighted by Gasteiger charge is 2.45. The lowest BCUT2D eigenvalue weighted by molar-refractivity contribution is -0.121. The number of fused-ring (bicyclic) bond motifs is 1. The van der Waals surface area contributed by atoms with Crippen LogP contribution in [0.4, 0.5) is 11.4 Å². The molecule has 5 rings (SSSR count). The van der Waals surface area contributed by atoms with Crippen molar-refractivity contribution in [3.63, 3.8) is 0 Å².